The fourth-order valence-electron chi connectivity index (χ4n) is 3.49. The second-order valence-electron chi connectivity index (χ2n) is 7.57. The largest absolute Gasteiger partial charge is 0.456 e. The first-order valence-electron chi connectivity index (χ1n) is 10.8. The zero-order valence-corrected chi connectivity index (χ0v) is 18.3. The Balaban J connectivity index is 1.89. The SMILES string of the molecule is CCCCCCCCCCCCc1cccc(S(=O)(=O)O)c1Oc1ccccc1. The highest BCUT2D eigenvalue weighted by atomic mass is 32.2. The molecule has 0 fully saturated rings. The van der Waals surface area contributed by atoms with Crippen molar-refractivity contribution in [1.29, 1.82) is 0 Å². The van der Waals surface area contributed by atoms with E-state index in [-0.39, 0.29) is 10.6 Å². The van der Waals surface area contributed by atoms with Crippen LogP contribution in [0.25, 0.3) is 0 Å². The maximum Gasteiger partial charge on any atom is 0.298 e. The predicted molar refractivity (Wildman–Crippen MR) is 118 cm³/mol. The van der Waals surface area contributed by atoms with E-state index in [0.717, 1.165) is 24.8 Å². The van der Waals surface area contributed by atoms with Crippen molar-refractivity contribution in [3.63, 3.8) is 0 Å². The molecule has 2 rings (SSSR count). The molecule has 5 heteroatoms. The first kappa shape index (κ1) is 23.4. The third kappa shape index (κ3) is 8.58. The van der Waals surface area contributed by atoms with Gasteiger partial charge in [0.05, 0.1) is 0 Å². The molecule has 0 aliphatic rings. The number of aryl methyl sites for hydroxylation is 1. The molecule has 0 radical (unpaired) electrons. The van der Waals surface area contributed by atoms with Crippen molar-refractivity contribution >= 4 is 10.1 Å². The fraction of sp³-hybridized carbons (Fsp3) is 0.500. The molecule has 0 saturated heterocycles. The molecule has 0 heterocycles. The van der Waals surface area contributed by atoms with Gasteiger partial charge in [0.15, 0.2) is 5.75 Å². The molecular formula is C24H34O4S. The van der Waals surface area contributed by atoms with Crippen LogP contribution in [0.2, 0.25) is 0 Å². The summed E-state index contributed by atoms with van der Waals surface area (Å²) in [7, 11) is -4.35. The Bertz CT molecular complexity index is 816. The molecule has 29 heavy (non-hydrogen) atoms. The first-order valence-corrected chi connectivity index (χ1v) is 12.3. The molecule has 0 amide bonds. The molecule has 0 saturated carbocycles. The number of ether oxygens (including phenoxy) is 1. The average molecular weight is 419 g/mol. The van der Waals surface area contributed by atoms with Gasteiger partial charge in [-0.3, -0.25) is 4.55 Å². The summed E-state index contributed by atoms with van der Waals surface area (Å²) in [6, 6.07) is 14.0. The lowest BCUT2D eigenvalue weighted by Crippen LogP contribution is -2.04. The minimum absolute atomic E-state index is 0.175. The van der Waals surface area contributed by atoms with Gasteiger partial charge in [-0.2, -0.15) is 8.42 Å². The number of unbranched alkanes of at least 4 members (excludes halogenated alkanes) is 9. The molecule has 2 aromatic carbocycles. The summed E-state index contributed by atoms with van der Waals surface area (Å²) in [5.41, 5.74) is 0.809. The van der Waals surface area contributed by atoms with Crippen LogP contribution in [0.4, 0.5) is 0 Å². The van der Waals surface area contributed by atoms with E-state index in [4.69, 9.17) is 4.74 Å². The van der Waals surface area contributed by atoms with E-state index in [0.29, 0.717) is 5.75 Å². The Labute approximate surface area is 176 Å². The van der Waals surface area contributed by atoms with E-state index in [1.165, 1.54) is 57.4 Å². The summed E-state index contributed by atoms with van der Waals surface area (Å²) in [6.07, 6.45) is 13.2. The van der Waals surface area contributed by atoms with Crippen molar-refractivity contribution in [3.05, 3.63) is 54.1 Å². The van der Waals surface area contributed by atoms with Gasteiger partial charge in [0.2, 0.25) is 0 Å². The Morgan fingerprint density at radius 1 is 0.759 bits per heavy atom. The number of rotatable bonds is 14. The zero-order chi connectivity index (χ0) is 21.0. The Morgan fingerprint density at radius 2 is 1.34 bits per heavy atom. The quantitative estimate of drug-likeness (QED) is 0.260. The molecule has 2 aromatic rings. The second kappa shape index (κ2) is 12.7. The minimum atomic E-state index is -4.35. The number of para-hydroxylation sites is 2. The first-order chi connectivity index (χ1) is 14.0. The summed E-state index contributed by atoms with van der Waals surface area (Å²) < 4.78 is 39.1. The van der Waals surface area contributed by atoms with Crippen LogP contribution >= 0.6 is 0 Å². The standard InChI is InChI=1S/C24H34O4S/c1-2-3-4-5-6-7-8-9-10-12-16-21-17-15-20-23(29(25,26)27)24(21)28-22-18-13-11-14-19-22/h11,13-15,17-20H,2-10,12,16H2,1H3,(H,25,26,27). The van der Waals surface area contributed by atoms with Gasteiger partial charge < -0.3 is 4.74 Å². The van der Waals surface area contributed by atoms with Crippen molar-refractivity contribution in [3.8, 4) is 11.5 Å². The average Bonchev–Trinajstić information content (AvgIpc) is 2.70. The second-order valence-corrected chi connectivity index (χ2v) is 8.96. The van der Waals surface area contributed by atoms with Gasteiger partial charge >= 0.3 is 0 Å². The van der Waals surface area contributed by atoms with Crippen molar-refractivity contribution in [2.75, 3.05) is 0 Å². The van der Waals surface area contributed by atoms with E-state index in [2.05, 4.69) is 6.92 Å². The Hall–Kier alpha value is -1.85. The fourth-order valence-corrected chi connectivity index (χ4v) is 4.14. The summed E-state index contributed by atoms with van der Waals surface area (Å²) in [4.78, 5) is -0.175. The smallest absolute Gasteiger partial charge is 0.298 e. The van der Waals surface area contributed by atoms with Gasteiger partial charge in [-0.1, -0.05) is 95.0 Å². The minimum Gasteiger partial charge on any atom is -0.456 e. The molecule has 0 atom stereocenters. The van der Waals surface area contributed by atoms with Gasteiger partial charge in [-0.05, 0) is 36.6 Å². The maximum atomic E-state index is 11.8. The van der Waals surface area contributed by atoms with Crippen LogP contribution in [0.15, 0.2) is 53.4 Å². The topological polar surface area (TPSA) is 63.6 Å². The summed E-state index contributed by atoms with van der Waals surface area (Å²) >= 11 is 0. The monoisotopic (exact) mass is 418 g/mol. The number of hydrogen-bond donors (Lipinski definition) is 1. The van der Waals surface area contributed by atoms with E-state index in [1.54, 1.807) is 18.2 Å². The molecule has 0 unspecified atom stereocenters. The van der Waals surface area contributed by atoms with Crippen LogP contribution in [0.3, 0.4) is 0 Å². The maximum absolute atomic E-state index is 11.8. The van der Waals surface area contributed by atoms with Crippen LogP contribution in [-0.4, -0.2) is 13.0 Å². The lowest BCUT2D eigenvalue weighted by molar-refractivity contribution is 0.444. The van der Waals surface area contributed by atoms with Gasteiger partial charge in [0.1, 0.15) is 10.6 Å². The van der Waals surface area contributed by atoms with Gasteiger partial charge in [-0.25, -0.2) is 0 Å². The highest BCUT2D eigenvalue weighted by Gasteiger charge is 2.20. The molecule has 0 aromatic heterocycles. The van der Waals surface area contributed by atoms with Gasteiger partial charge in [0.25, 0.3) is 10.1 Å². The van der Waals surface area contributed by atoms with E-state index >= 15 is 0 Å². The third-order valence-electron chi connectivity index (χ3n) is 5.10. The molecule has 0 aliphatic heterocycles. The summed E-state index contributed by atoms with van der Waals surface area (Å²) in [5, 5.41) is 0. The molecule has 160 valence electrons. The van der Waals surface area contributed by atoms with Gasteiger partial charge in [0, 0.05) is 0 Å². The lowest BCUT2D eigenvalue weighted by Gasteiger charge is -2.14. The van der Waals surface area contributed by atoms with Gasteiger partial charge in [-0.15, -0.1) is 0 Å². The normalized spacial score (nSPS) is 11.5. The van der Waals surface area contributed by atoms with Crippen LogP contribution in [0.1, 0.15) is 76.7 Å². The molecule has 4 nitrogen and oxygen atoms in total. The van der Waals surface area contributed by atoms with Crippen molar-refractivity contribution in [2.24, 2.45) is 0 Å². The van der Waals surface area contributed by atoms with Crippen molar-refractivity contribution in [1.82, 2.24) is 0 Å². The lowest BCUT2D eigenvalue weighted by atomic mass is 10.0. The van der Waals surface area contributed by atoms with E-state index in [1.807, 2.05) is 24.3 Å². The molecular weight excluding hydrogens is 384 g/mol. The number of hydrogen-bond acceptors (Lipinski definition) is 3. The van der Waals surface area contributed by atoms with Crippen LogP contribution in [0.5, 0.6) is 11.5 Å². The molecule has 0 aliphatic carbocycles. The van der Waals surface area contributed by atoms with E-state index in [9.17, 15) is 13.0 Å². The molecule has 1 N–H and O–H groups in total. The molecule has 0 bridgehead atoms. The van der Waals surface area contributed by atoms with Crippen LogP contribution in [0, 0.1) is 0 Å². The molecule has 0 spiro atoms. The highest BCUT2D eigenvalue weighted by molar-refractivity contribution is 7.86. The summed E-state index contributed by atoms with van der Waals surface area (Å²) in [6.45, 7) is 2.24. The number of benzene rings is 2. The Morgan fingerprint density at radius 3 is 1.93 bits per heavy atom. The predicted octanol–water partition coefficient (Wildman–Crippen LogP) is 7.19. The summed E-state index contributed by atoms with van der Waals surface area (Å²) in [5.74, 6) is 0.782. The highest BCUT2D eigenvalue weighted by Crippen LogP contribution is 2.33. The van der Waals surface area contributed by atoms with Crippen molar-refractivity contribution in [2.45, 2.75) is 82.4 Å². The van der Waals surface area contributed by atoms with Crippen LogP contribution < -0.4 is 4.74 Å². The van der Waals surface area contributed by atoms with Crippen molar-refractivity contribution < 1.29 is 17.7 Å². The zero-order valence-electron chi connectivity index (χ0n) is 17.5. The van der Waals surface area contributed by atoms with Crippen LogP contribution in [-0.2, 0) is 16.5 Å². The van der Waals surface area contributed by atoms with E-state index < -0.39 is 10.1 Å². The third-order valence-corrected chi connectivity index (χ3v) is 5.98. The Kier molecular flexibility index (Phi) is 10.2.